The van der Waals surface area contributed by atoms with Gasteiger partial charge >= 0.3 is 0 Å². The Labute approximate surface area is 232 Å². The van der Waals surface area contributed by atoms with E-state index in [2.05, 4.69) is 55.7 Å². The summed E-state index contributed by atoms with van der Waals surface area (Å²) in [6.45, 7) is 4.48. The third kappa shape index (κ3) is 6.37. The lowest BCUT2D eigenvalue weighted by atomic mass is 9.72. The SMILES string of the molecule is O=C(NC1CCN(Cc2cccc(Oc3ccccc3Cl)c2)CC1)C1(c2ccc(Br)cc2)CCNCC1. The van der Waals surface area contributed by atoms with E-state index in [1.807, 2.05) is 48.5 Å². The summed E-state index contributed by atoms with van der Waals surface area (Å²) in [6, 6.07) is 24.2. The second-order valence-corrected chi connectivity index (χ2v) is 11.4. The van der Waals surface area contributed by atoms with Gasteiger partial charge in [0.2, 0.25) is 5.91 Å². The van der Waals surface area contributed by atoms with Crippen LogP contribution in [0.3, 0.4) is 0 Å². The summed E-state index contributed by atoms with van der Waals surface area (Å²) in [5.74, 6) is 1.62. The highest BCUT2D eigenvalue weighted by molar-refractivity contribution is 9.10. The van der Waals surface area contributed by atoms with Gasteiger partial charge in [-0.25, -0.2) is 0 Å². The molecule has 2 aliphatic heterocycles. The number of amides is 1. The number of rotatable bonds is 7. The average molecular weight is 583 g/mol. The number of hydrogen-bond acceptors (Lipinski definition) is 4. The molecular weight excluding hydrogens is 550 g/mol. The van der Waals surface area contributed by atoms with E-state index in [0.717, 1.165) is 74.2 Å². The standard InChI is InChI=1S/C30H33BrClN3O2/c31-24-10-8-23(9-11-24)30(14-16-33-17-15-30)29(36)34-25-12-18-35(19-13-25)21-22-4-3-5-26(20-22)37-28-7-2-1-6-27(28)32/h1-11,20,25,33H,12-19,21H2,(H,34,36). The van der Waals surface area contributed by atoms with Crippen molar-refractivity contribution in [2.45, 2.75) is 43.7 Å². The molecule has 37 heavy (non-hydrogen) atoms. The Morgan fingerprint density at radius 3 is 2.49 bits per heavy atom. The summed E-state index contributed by atoms with van der Waals surface area (Å²) >= 11 is 9.77. The fourth-order valence-corrected chi connectivity index (χ4v) is 5.89. The zero-order chi connectivity index (χ0) is 25.7. The highest BCUT2D eigenvalue weighted by atomic mass is 79.9. The molecule has 0 aliphatic carbocycles. The minimum absolute atomic E-state index is 0.180. The Kier molecular flexibility index (Phi) is 8.50. The number of nitrogens with zero attached hydrogens (tertiary/aromatic N) is 1. The topological polar surface area (TPSA) is 53.6 Å². The van der Waals surface area contributed by atoms with Crippen molar-refractivity contribution in [1.29, 1.82) is 0 Å². The van der Waals surface area contributed by atoms with E-state index in [9.17, 15) is 4.79 Å². The Morgan fingerprint density at radius 1 is 1.03 bits per heavy atom. The number of likely N-dealkylation sites (tertiary alicyclic amines) is 1. The summed E-state index contributed by atoms with van der Waals surface area (Å²) in [6.07, 6.45) is 3.56. The van der Waals surface area contributed by atoms with Gasteiger partial charge in [-0.1, -0.05) is 63.9 Å². The second-order valence-electron chi connectivity index (χ2n) is 10.0. The summed E-state index contributed by atoms with van der Waals surface area (Å²) in [5.41, 5.74) is 1.87. The third-order valence-electron chi connectivity index (χ3n) is 7.58. The monoisotopic (exact) mass is 581 g/mol. The van der Waals surface area contributed by atoms with Crippen molar-refractivity contribution in [2.24, 2.45) is 0 Å². The van der Waals surface area contributed by atoms with Gasteiger partial charge in [-0.2, -0.15) is 0 Å². The van der Waals surface area contributed by atoms with Gasteiger partial charge in [-0.15, -0.1) is 0 Å². The zero-order valence-corrected chi connectivity index (χ0v) is 23.2. The predicted octanol–water partition coefficient (Wildman–Crippen LogP) is 6.30. The quantitative estimate of drug-likeness (QED) is 0.344. The normalized spacial score (nSPS) is 18.3. The number of carbonyl (C=O) groups excluding carboxylic acids is 1. The molecule has 5 nitrogen and oxygen atoms in total. The highest BCUT2D eigenvalue weighted by Gasteiger charge is 2.42. The molecule has 2 fully saturated rings. The minimum atomic E-state index is -0.453. The summed E-state index contributed by atoms with van der Waals surface area (Å²) in [7, 11) is 0. The van der Waals surface area contributed by atoms with Gasteiger partial charge < -0.3 is 15.4 Å². The van der Waals surface area contributed by atoms with E-state index in [1.54, 1.807) is 0 Å². The first kappa shape index (κ1) is 26.2. The van der Waals surface area contributed by atoms with Gasteiger partial charge in [0.1, 0.15) is 11.5 Å². The molecule has 0 spiro atoms. The van der Waals surface area contributed by atoms with E-state index in [1.165, 1.54) is 5.56 Å². The maximum absolute atomic E-state index is 13.7. The number of halogens is 2. The van der Waals surface area contributed by atoms with Crippen molar-refractivity contribution in [3.8, 4) is 11.5 Å². The molecule has 2 aliphatic rings. The molecule has 7 heteroatoms. The van der Waals surface area contributed by atoms with Crippen molar-refractivity contribution < 1.29 is 9.53 Å². The Hall–Kier alpha value is -2.38. The number of ether oxygens (including phenoxy) is 1. The molecule has 5 rings (SSSR count). The first-order valence-electron chi connectivity index (χ1n) is 13.0. The molecule has 3 aromatic carbocycles. The number of piperidine rings is 2. The van der Waals surface area contributed by atoms with Crippen molar-refractivity contribution in [2.75, 3.05) is 26.2 Å². The van der Waals surface area contributed by atoms with E-state index in [-0.39, 0.29) is 11.9 Å². The van der Waals surface area contributed by atoms with Crippen molar-refractivity contribution in [1.82, 2.24) is 15.5 Å². The van der Waals surface area contributed by atoms with E-state index in [0.29, 0.717) is 10.8 Å². The molecule has 2 N–H and O–H groups in total. The minimum Gasteiger partial charge on any atom is -0.456 e. The summed E-state index contributed by atoms with van der Waals surface area (Å²) in [4.78, 5) is 16.1. The van der Waals surface area contributed by atoms with Gasteiger partial charge in [0.05, 0.1) is 10.4 Å². The molecule has 0 unspecified atom stereocenters. The number of hydrogen-bond donors (Lipinski definition) is 2. The summed E-state index contributed by atoms with van der Waals surface area (Å²) < 4.78 is 7.04. The van der Waals surface area contributed by atoms with E-state index >= 15 is 0 Å². The van der Waals surface area contributed by atoms with Crippen molar-refractivity contribution in [3.05, 3.63) is 93.4 Å². The molecule has 2 saturated heterocycles. The molecule has 0 aromatic heterocycles. The van der Waals surface area contributed by atoms with Crippen LogP contribution in [-0.4, -0.2) is 43.0 Å². The van der Waals surface area contributed by atoms with Crippen LogP contribution in [0.15, 0.2) is 77.3 Å². The fourth-order valence-electron chi connectivity index (χ4n) is 5.45. The largest absolute Gasteiger partial charge is 0.456 e. The number of para-hydroxylation sites is 1. The molecule has 194 valence electrons. The predicted molar refractivity (Wildman–Crippen MR) is 152 cm³/mol. The maximum atomic E-state index is 13.7. The number of carbonyl (C=O) groups is 1. The molecule has 0 saturated carbocycles. The smallest absolute Gasteiger partial charge is 0.230 e. The van der Waals surface area contributed by atoms with E-state index in [4.69, 9.17) is 16.3 Å². The lowest BCUT2D eigenvalue weighted by Crippen LogP contribution is -2.54. The first-order chi connectivity index (χ1) is 18.0. The Balaban J connectivity index is 1.17. The lowest BCUT2D eigenvalue weighted by molar-refractivity contribution is -0.129. The molecule has 1 amide bonds. The zero-order valence-electron chi connectivity index (χ0n) is 20.9. The van der Waals surface area contributed by atoms with Gasteiger partial charge in [0.25, 0.3) is 0 Å². The van der Waals surface area contributed by atoms with E-state index < -0.39 is 5.41 Å². The molecular formula is C30H33BrClN3O2. The molecule has 2 heterocycles. The second kappa shape index (κ2) is 12.0. The number of benzene rings is 3. The van der Waals surface area contributed by atoms with Crippen LogP contribution >= 0.6 is 27.5 Å². The average Bonchev–Trinajstić information content (AvgIpc) is 2.92. The summed E-state index contributed by atoms with van der Waals surface area (Å²) in [5, 5.41) is 7.45. The fraction of sp³-hybridized carbons (Fsp3) is 0.367. The lowest BCUT2D eigenvalue weighted by Gasteiger charge is -2.39. The highest BCUT2D eigenvalue weighted by Crippen LogP contribution is 2.35. The Bertz CT molecular complexity index is 1210. The molecule has 0 bridgehead atoms. The van der Waals surface area contributed by atoms with Crippen LogP contribution in [0.1, 0.15) is 36.8 Å². The molecule has 0 atom stereocenters. The first-order valence-corrected chi connectivity index (χ1v) is 14.2. The van der Waals surface area contributed by atoms with Crippen LogP contribution in [0.25, 0.3) is 0 Å². The number of nitrogens with one attached hydrogen (secondary N) is 2. The van der Waals surface area contributed by atoms with Gasteiger partial charge in [-0.3, -0.25) is 9.69 Å². The van der Waals surface area contributed by atoms with Crippen LogP contribution in [0, 0.1) is 0 Å². The van der Waals surface area contributed by atoms with Gasteiger partial charge in [-0.05, 0) is 86.3 Å². The third-order valence-corrected chi connectivity index (χ3v) is 8.42. The van der Waals surface area contributed by atoms with Crippen LogP contribution in [0.4, 0.5) is 0 Å². The molecule has 3 aromatic rings. The van der Waals surface area contributed by atoms with Crippen LogP contribution in [-0.2, 0) is 16.8 Å². The maximum Gasteiger partial charge on any atom is 0.230 e. The molecule has 0 radical (unpaired) electrons. The van der Waals surface area contributed by atoms with Crippen LogP contribution in [0.5, 0.6) is 11.5 Å². The van der Waals surface area contributed by atoms with Crippen molar-refractivity contribution in [3.63, 3.8) is 0 Å². The van der Waals surface area contributed by atoms with Gasteiger partial charge in [0, 0.05) is 30.1 Å². The van der Waals surface area contributed by atoms with Crippen LogP contribution < -0.4 is 15.4 Å². The van der Waals surface area contributed by atoms with Crippen molar-refractivity contribution >= 4 is 33.4 Å². The van der Waals surface area contributed by atoms with Gasteiger partial charge in [0.15, 0.2) is 0 Å². The van der Waals surface area contributed by atoms with Crippen LogP contribution in [0.2, 0.25) is 5.02 Å². The Morgan fingerprint density at radius 2 is 1.76 bits per heavy atom.